The zero-order valence-electron chi connectivity index (χ0n) is 9.45. The SMILES string of the molecule is CC(C)/C=C/NC(=O)NCC1CCCO1. The lowest BCUT2D eigenvalue weighted by Crippen LogP contribution is -2.37. The molecular weight excluding hydrogens is 192 g/mol. The summed E-state index contributed by atoms with van der Waals surface area (Å²) in [6.45, 7) is 5.54. The molecule has 1 heterocycles. The van der Waals surface area contributed by atoms with Crippen molar-refractivity contribution in [1.82, 2.24) is 10.6 Å². The van der Waals surface area contributed by atoms with Crippen molar-refractivity contribution in [3.8, 4) is 0 Å². The standard InChI is InChI=1S/C11H20N2O2/c1-9(2)5-6-12-11(14)13-8-10-4-3-7-15-10/h5-6,9-10H,3-4,7-8H2,1-2H3,(H2,12,13,14)/b6-5+. The van der Waals surface area contributed by atoms with Crippen LogP contribution in [-0.2, 0) is 4.74 Å². The molecule has 0 radical (unpaired) electrons. The van der Waals surface area contributed by atoms with E-state index in [0.29, 0.717) is 12.5 Å². The molecule has 1 atom stereocenters. The van der Waals surface area contributed by atoms with Crippen molar-refractivity contribution in [3.63, 3.8) is 0 Å². The lowest BCUT2D eigenvalue weighted by Gasteiger charge is -2.10. The fraction of sp³-hybridized carbons (Fsp3) is 0.727. The summed E-state index contributed by atoms with van der Waals surface area (Å²) in [6, 6.07) is -0.164. The van der Waals surface area contributed by atoms with Crippen LogP contribution < -0.4 is 10.6 Å². The molecule has 1 rings (SSSR count). The Hall–Kier alpha value is -1.03. The highest BCUT2D eigenvalue weighted by atomic mass is 16.5. The number of hydrogen-bond acceptors (Lipinski definition) is 2. The van der Waals surface area contributed by atoms with E-state index in [9.17, 15) is 4.79 Å². The first-order chi connectivity index (χ1) is 7.18. The number of rotatable bonds is 4. The smallest absolute Gasteiger partial charge is 0.318 e. The largest absolute Gasteiger partial charge is 0.376 e. The number of nitrogens with one attached hydrogen (secondary N) is 2. The van der Waals surface area contributed by atoms with E-state index < -0.39 is 0 Å². The van der Waals surface area contributed by atoms with Crippen LogP contribution in [0.5, 0.6) is 0 Å². The van der Waals surface area contributed by atoms with Gasteiger partial charge in [0, 0.05) is 19.4 Å². The third kappa shape index (κ3) is 5.42. The van der Waals surface area contributed by atoms with Crippen LogP contribution in [0.4, 0.5) is 4.79 Å². The molecule has 0 aromatic carbocycles. The number of hydrogen-bond donors (Lipinski definition) is 2. The minimum absolute atomic E-state index is 0.164. The van der Waals surface area contributed by atoms with E-state index >= 15 is 0 Å². The van der Waals surface area contributed by atoms with Crippen LogP contribution in [0, 0.1) is 5.92 Å². The molecule has 1 unspecified atom stereocenters. The number of allylic oxidation sites excluding steroid dienone is 1. The molecule has 0 bridgehead atoms. The monoisotopic (exact) mass is 212 g/mol. The maximum atomic E-state index is 11.3. The average Bonchev–Trinajstić information content (AvgIpc) is 2.66. The summed E-state index contributed by atoms with van der Waals surface area (Å²) in [5.74, 6) is 0.448. The van der Waals surface area contributed by atoms with Gasteiger partial charge in [-0.05, 0) is 18.8 Å². The van der Waals surface area contributed by atoms with Crippen LogP contribution in [0.2, 0.25) is 0 Å². The minimum atomic E-state index is -0.164. The number of ether oxygens (including phenoxy) is 1. The maximum Gasteiger partial charge on any atom is 0.318 e. The lowest BCUT2D eigenvalue weighted by atomic mass is 10.2. The van der Waals surface area contributed by atoms with Crippen molar-refractivity contribution < 1.29 is 9.53 Å². The molecule has 1 fully saturated rings. The number of urea groups is 1. The molecule has 0 aromatic rings. The van der Waals surface area contributed by atoms with E-state index in [1.807, 2.05) is 6.08 Å². The van der Waals surface area contributed by atoms with Gasteiger partial charge in [-0.1, -0.05) is 19.9 Å². The van der Waals surface area contributed by atoms with E-state index in [4.69, 9.17) is 4.74 Å². The maximum absolute atomic E-state index is 11.3. The Bertz CT molecular complexity index is 221. The fourth-order valence-corrected chi connectivity index (χ4v) is 1.38. The van der Waals surface area contributed by atoms with Crippen LogP contribution in [0.15, 0.2) is 12.3 Å². The second kappa shape index (κ2) is 6.45. The second-order valence-corrected chi connectivity index (χ2v) is 4.09. The van der Waals surface area contributed by atoms with E-state index in [1.54, 1.807) is 6.20 Å². The number of amides is 2. The van der Waals surface area contributed by atoms with Crippen LogP contribution in [-0.4, -0.2) is 25.3 Å². The molecule has 15 heavy (non-hydrogen) atoms. The first kappa shape index (κ1) is 12.0. The zero-order chi connectivity index (χ0) is 11.1. The Morgan fingerprint density at radius 3 is 3.00 bits per heavy atom. The summed E-state index contributed by atoms with van der Waals surface area (Å²) in [5.41, 5.74) is 0. The highest BCUT2D eigenvalue weighted by Crippen LogP contribution is 2.10. The first-order valence-corrected chi connectivity index (χ1v) is 5.51. The molecule has 1 aliphatic heterocycles. The predicted molar refractivity (Wildman–Crippen MR) is 59.5 cm³/mol. The summed E-state index contributed by atoms with van der Waals surface area (Å²) in [5, 5.41) is 5.42. The van der Waals surface area contributed by atoms with Gasteiger partial charge in [0.25, 0.3) is 0 Å². The molecular formula is C11H20N2O2. The fourth-order valence-electron chi connectivity index (χ4n) is 1.38. The van der Waals surface area contributed by atoms with Gasteiger partial charge >= 0.3 is 6.03 Å². The molecule has 4 nitrogen and oxygen atoms in total. The van der Waals surface area contributed by atoms with Gasteiger partial charge in [0.15, 0.2) is 0 Å². The summed E-state index contributed by atoms with van der Waals surface area (Å²) in [6.07, 6.45) is 5.95. The molecule has 0 aliphatic carbocycles. The molecule has 0 saturated carbocycles. The Balaban J connectivity index is 2.07. The third-order valence-electron chi connectivity index (χ3n) is 2.21. The van der Waals surface area contributed by atoms with Crippen molar-refractivity contribution in [2.75, 3.05) is 13.2 Å². The summed E-state index contributed by atoms with van der Waals surface area (Å²) >= 11 is 0. The third-order valence-corrected chi connectivity index (χ3v) is 2.21. The van der Waals surface area contributed by atoms with Gasteiger partial charge in [0.05, 0.1) is 6.10 Å². The van der Waals surface area contributed by atoms with Gasteiger partial charge in [0.2, 0.25) is 0 Å². The Labute approximate surface area is 91.1 Å². The van der Waals surface area contributed by atoms with Gasteiger partial charge in [-0.3, -0.25) is 0 Å². The van der Waals surface area contributed by atoms with E-state index in [2.05, 4.69) is 24.5 Å². The van der Waals surface area contributed by atoms with E-state index in [-0.39, 0.29) is 12.1 Å². The van der Waals surface area contributed by atoms with Gasteiger partial charge < -0.3 is 15.4 Å². The molecule has 86 valence electrons. The van der Waals surface area contributed by atoms with Gasteiger partial charge in [-0.15, -0.1) is 0 Å². The van der Waals surface area contributed by atoms with Crippen LogP contribution >= 0.6 is 0 Å². The number of carbonyl (C=O) groups is 1. The molecule has 2 amide bonds. The van der Waals surface area contributed by atoms with Crippen LogP contribution in [0.25, 0.3) is 0 Å². The van der Waals surface area contributed by atoms with Crippen molar-refractivity contribution >= 4 is 6.03 Å². The molecule has 4 heteroatoms. The van der Waals surface area contributed by atoms with Crippen molar-refractivity contribution in [2.45, 2.75) is 32.8 Å². The topological polar surface area (TPSA) is 50.4 Å². The quantitative estimate of drug-likeness (QED) is 0.744. The van der Waals surface area contributed by atoms with E-state index in [0.717, 1.165) is 19.4 Å². The summed E-state index contributed by atoms with van der Waals surface area (Å²) in [7, 11) is 0. The molecule has 1 saturated heterocycles. The average molecular weight is 212 g/mol. The molecule has 0 aromatic heterocycles. The van der Waals surface area contributed by atoms with Gasteiger partial charge in [0.1, 0.15) is 0 Å². The minimum Gasteiger partial charge on any atom is -0.376 e. The van der Waals surface area contributed by atoms with Crippen molar-refractivity contribution in [3.05, 3.63) is 12.3 Å². The highest BCUT2D eigenvalue weighted by Gasteiger charge is 2.15. The van der Waals surface area contributed by atoms with Crippen molar-refractivity contribution in [2.24, 2.45) is 5.92 Å². The summed E-state index contributed by atoms with van der Waals surface area (Å²) in [4.78, 5) is 11.3. The molecule has 1 aliphatic rings. The molecule has 0 spiro atoms. The number of carbonyl (C=O) groups excluding carboxylic acids is 1. The zero-order valence-corrected chi connectivity index (χ0v) is 9.45. The molecule has 2 N–H and O–H groups in total. The second-order valence-electron chi connectivity index (χ2n) is 4.09. The Morgan fingerprint density at radius 2 is 2.40 bits per heavy atom. The summed E-state index contributed by atoms with van der Waals surface area (Å²) < 4.78 is 5.39. The first-order valence-electron chi connectivity index (χ1n) is 5.51. The van der Waals surface area contributed by atoms with Gasteiger partial charge in [-0.2, -0.15) is 0 Å². The van der Waals surface area contributed by atoms with Gasteiger partial charge in [-0.25, -0.2) is 4.79 Å². The predicted octanol–water partition coefficient (Wildman–Crippen LogP) is 1.63. The highest BCUT2D eigenvalue weighted by molar-refractivity contribution is 5.74. The Morgan fingerprint density at radius 1 is 1.60 bits per heavy atom. The van der Waals surface area contributed by atoms with Crippen molar-refractivity contribution in [1.29, 1.82) is 0 Å². The van der Waals surface area contributed by atoms with E-state index in [1.165, 1.54) is 0 Å². The van der Waals surface area contributed by atoms with Crippen LogP contribution in [0.3, 0.4) is 0 Å². The Kier molecular flexibility index (Phi) is 5.18. The normalized spacial score (nSPS) is 21.1. The van der Waals surface area contributed by atoms with Crippen LogP contribution in [0.1, 0.15) is 26.7 Å². The lowest BCUT2D eigenvalue weighted by molar-refractivity contribution is 0.111.